The highest BCUT2D eigenvalue weighted by molar-refractivity contribution is 5.81. The van der Waals surface area contributed by atoms with Crippen molar-refractivity contribution in [2.45, 2.75) is 71.6 Å². The second kappa shape index (κ2) is 7.43. The summed E-state index contributed by atoms with van der Waals surface area (Å²) in [6, 6.07) is 13.9. The molecule has 0 aliphatic heterocycles. The topological polar surface area (TPSA) is 0 Å². The third-order valence-corrected chi connectivity index (χ3v) is 6.51. The first-order chi connectivity index (χ1) is 12.6. The van der Waals surface area contributed by atoms with E-state index < -0.39 is 0 Å². The number of benzene rings is 2. The molecule has 1 saturated carbocycles. The highest BCUT2D eigenvalue weighted by Crippen LogP contribution is 2.39. The molecule has 0 atom stereocenters. The molecule has 0 radical (unpaired) electrons. The number of aryl methyl sites for hydroxylation is 1. The van der Waals surface area contributed by atoms with Crippen LogP contribution in [0.2, 0.25) is 0 Å². The first-order valence-corrected chi connectivity index (χ1v) is 10.5. The minimum atomic E-state index is 0.592. The molecule has 0 heterocycles. The fraction of sp³-hybridized carbons (Fsp3) is 0.462. The molecule has 0 spiro atoms. The van der Waals surface area contributed by atoms with Gasteiger partial charge in [0.25, 0.3) is 0 Å². The summed E-state index contributed by atoms with van der Waals surface area (Å²) < 4.78 is 0. The van der Waals surface area contributed by atoms with Gasteiger partial charge in [0.05, 0.1) is 0 Å². The zero-order valence-corrected chi connectivity index (χ0v) is 16.6. The van der Waals surface area contributed by atoms with Crippen LogP contribution in [0.15, 0.2) is 42.0 Å². The van der Waals surface area contributed by atoms with Gasteiger partial charge in [-0.05, 0) is 65.0 Å². The van der Waals surface area contributed by atoms with Crippen LogP contribution in [0, 0.1) is 12.8 Å². The summed E-state index contributed by atoms with van der Waals surface area (Å²) in [7, 11) is 0. The highest BCUT2D eigenvalue weighted by atomic mass is 14.3. The zero-order valence-electron chi connectivity index (χ0n) is 16.6. The third-order valence-electron chi connectivity index (χ3n) is 6.51. The lowest BCUT2D eigenvalue weighted by molar-refractivity contribution is 0.355. The Morgan fingerprint density at radius 1 is 0.923 bits per heavy atom. The summed E-state index contributed by atoms with van der Waals surface area (Å²) in [5.74, 6) is 1.52. The average molecular weight is 345 g/mol. The molecule has 0 unspecified atom stereocenters. The molecule has 0 heteroatoms. The maximum atomic E-state index is 2.53. The Bertz CT molecular complexity index is 799. The van der Waals surface area contributed by atoms with E-state index in [9.17, 15) is 0 Å². The Morgan fingerprint density at radius 3 is 2.35 bits per heavy atom. The molecule has 0 saturated heterocycles. The monoisotopic (exact) mass is 344 g/mol. The predicted octanol–water partition coefficient (Wildman–Crippen LogP) is 7.70. The van der Waals surface area contributed by atoms with Crippen molar-refractivity contribution in [1.29, 1.82) is 0 Å². The maximum Gasteiger partial charge on any atom is -0.00549 e. The molecule has 2 aromatic rings. The molecule has 0 N–H and O–H groups in total. The van der Waals surface area contributed by atoms with E-state index >= 15 is 0 Å². The summed E-state index contributed by atoms with van der Waals surface area (Å²) in [5, 5.41) is 0. The van der Waals surface area contributed by atoms with Gasteiger partial charge in [-0.1, -0.05) is 94.0 Å². The molecule has 26 heavy (non-hydrogen) atoms. The van der Waals surface area contributed by atoms with Crippen LogP contribution in [0.5, 0.6) is 0 Å². The molecule has 136 valence electrons. The standard InChI is InChI=1S/C26H32/c1-18(2)22-10-12-23(13-11-22)24-14-9-19(3)25-16-21(17-26(24)25)15-20-7-5-4-6-8-20/h9-14,17-18,20H,4-8,15-16H2,1-3H3. The minimum Gasteiger partial charge on any atom is -0.0649 e. The Kier molecular flexibility index (Phi) is 5.02. The van der Waals surface area contributed by atoms with Gasteiger partial charge in [0, 0.05) is 0 Å². The Labute approximate surface area is 159 Å². The van der Waals surface area contributed by atoms with Gasteiger partial charge in [0.1, 0.15) is 0 Å². The molecule has 2 aromatic carbocycles. The van der Waals surface area contributed by atoms with Crippen molar-refractivity contribution >= 4 is 6.08 Å². The van der Waals surface area contributed by atoms with E-state index in [0.717, 1.165) is 5.92 Å². The largest absolute Gasteiger partial charge is 0.0649 e. The summed E-state index contributed by atoms with van der Waals surface area (Å²) in [6.45, 7) is 6.81. The van der Waals surface area contributed by atoms with Crippen LogP contribution in [-0.4, -0.2) is 0 Å². The lowest BCUT2D eigenvalue weighted by Crippen LogP contribution is -2.07. The van der Waals surface area contributed by atoms with E-state index in [1.54, 1.807) is 11.1 Å². The predicted molar refractivity (Wildman–Crippen MR) is 114 cm³/mol. The molecule has 2 aliphatic carbocycles. The van der Waals surface area contributed by atoms with Gasteiger partial charge < -0.3 is 0 Å². The van der Waals surface area contributed by atoms with Crippen LogP contribution in [-0.2, 0) is 6.42 Å². The van der Waals surface area contributed by atoms with Crippen LogP contribution in [0.25, 0.3) is 17.2 Å². The van der Waals surface area contributed by atoms with Crippen LogP contribution in [0.1, 0.15) is 80.5 Å². The van der Waals surface area contributed by atoms with E-state index in [-0.39, 0.29) is 0 Å². The van der Waals surface area contributed by atoms with Crippen molar-refractivity contribution in [3.05, 3.63) is 64.2 Å². The minimum absolute atomic E-state index is 0.592. The number of hydrogen-bond acceptors (Lipinski definition) is 0. The lowest BCUT2D eigenvalue weighted by Gasteiger charge is -2.21. The second-order valence-electron chi connectivity index (χ2n) is 8.79. The molecule has 1 fully saturated rings. The van der Waals surface area contributed by atoms with Crippen molar-refractivity contribution < 1.29 is 0 Å². The molecule has 0 aromatic heterocycles. The second-order valence-corrected chi connectivity index (χ2v) is 8.79. The third kappa shape index (κ3) is 3.52. The van der Waals surface area contributed by atoms with Gasteiger partial charge >= 0.3 is 0 Å². The van der Waals surface area contributed by atoms with Crippen molar-refractivity contribution in [2.24, 2.45) is 5.92 Å². The normalized spacial score (nSPS) is 17.5. The summed E-state index contributed by atoms with van der Waals surface area (Å²) >= 11 is 0. The molecule has 4 rings (SSSR count). The Hall–Kier alpha value is -1.82. The van der Waals surface area contributed by atoms with Gasteiger partial charge in [-0.3, -0.25) is 0 Å². The average Bonchev–Trinajstić information content (AvgIpc) is 3.07. The Morgan fingerprint density at radius 2 is 1.65 bits per heavy atom. The summed E-state index contributed by atoms with van der Waals surface area (Å²) in [5.41, 5.74) is 10.4. The molecule has 0 amide bonds. The number of fused-ring (bicyclic) bond motifs is 1. The van der Waals surface area contributed by atoms with E-state index in [1.807, 2.05) is 0 Å². The van der Waals surface area contributed by atoms with Crippen LogP contribution in [0.3, 0.4) is 0 Å². The Balaban J connectivity index is 1.63. The van der Waals surface area contributed by atoms with E-state index in [4.69, 9.17) is 0 Å². The van der Waals surface area contributed by atoms with Crippen LogP contribution >= 0.6 is 0 Å². The van der Waals surface area contributed by atoms with Crippen molar-refractivity contribution in [3.63, 3.8) is 0 Å². The van der Waals surface area contributed by atoms with Gasteiger partial charge in [-0.2, -0.15) is 0 Å². The number of allylic oxidation sites excluding steroid dienone is 1. The van der Waals surface area contributed by atoms with Crippen molar-refractivity contribution in [2.75, 3.05) is 0 Å². The SMILES string of the molecule is Cc1ccc(-c2ccc(C(C)C)cc2)c2c1CC(CC1CCCCC1)=C2. The smallest absolute Gasteiger partial charge is 0.00549 e. The van der Waals surface area contributed by atoms with Gasteiger partial charge in [-0.15, -0.1) is 0 Å². The van der Waals surface area contributed by atoms with Crippen LogP contribution < -0.4 is 0 Å². The molecular weight excluding hydrogens is 312 g/mol. The molecular formula is C26H32. The van der Waals surface area contributed by atoms with E-state index in [0.29, 0.717) is 5.92 Å². The molecule has 0 nitrogen and oxygen atoms in total. The van der Waals surface area contributed by atoms with Crippen molar-refractivity contribution in [3.8, 4) is 11.1 Å². The van der Waals surface area contributed by atoms with Gasteiger partial charge in [0.2, 0.25) is 0 Å². The van der Waals surface area contributed by atoms with Gasteiger partial charge in [-0.25, -0.2) is 0 Å². The molecule has 0 bridgehead atoms. The zero-order chi connectivity index (χ0) is 18.1. The van der Waals surface area contributed by atoms with E-state index in [1.165, 1.54) is 72.8 Å². The summed E-state index contributed by atoms with van der Waals surface area (Å²) in [4.78, 5) is 0. The maximum absolute atomic E-state index is 2.53. The lowest BCUT2D eigenvalue weighted by atomic mass is 9.84. The highest BCUT2D eigenvalue weighted by Gasteiger charge is 2.22. The number of hydrogen-bond donors (Lipinski definition) is 0. The van der Waals surface area contributed by atoms with Crippen molar-refractivity contribution in [1.82, 2.24) is 0 Å². The fourth-order valence-corrected chi connectivity index (χ4v) is 4.85. The first kappa shape index (κ1) is 17.6. The first-order valence-electron chi connectivity index (χ1n) is 10.5. The molecule has 2 aliphatic rings. The summed E-state index contributed by atoms with van der Waals surface area (Å²) in [6.07, 6.45) is 12.2. The fourth-order valence-electron chi connectivity index (χ4n) is 4.85. The quantitative estimate of drug-likeness (QED) is 0.533. The number of rotatable bonds is 4. The van der Waals surface area contributed by atoms with Crippen LogP contribution in [0.4, 0.5) is 0 Å². The van der Waals surface area contributed by atoms with E-state index in [2.05, 4.69) is 63.2 Å². The van der Waals surface area contributed by atoms with Gasteiger partial charge in [0.15, 0.2) is 0 Å².